The Hall–Kier alpha value is -2.56. The Balaban J connectivity index is 2.13. The molecule has 0 aliphatic heterocycles. The summed E-state index contributed by atoms with van der Waals surface area (Å²) in [4.78, 5) is 17.2. The summed E-state index contributed by atoms with van der Waals surface area (Å²) in [5, 5.41) is 3.00. The van der Waals surface area contributed by atoms with Crippen molar-refractivity contribution in [1.82, 2.24) is 19.9 Å². The molecule has 3 aromatic rings. The third-order valence-electron chi connectivity index (χ3n) is 2.64. The van der Waals surface area contributed by atoms with Crippen LogP contribution in [0.3, 0.4) is 0 Å². The molecule has 0 atom stereocenters. The number of fused-ring (bicyclic) bond motifs is 1. The number of rotatable bonds is 2. The Kier molecular flexibility index (Phi) is 2.57. The number of hydrogen-bond donors (Lipinski definition) is 1. The van der Waals surface area contributed by atoms with Gasteiger partial charge in [0.15, 0.2) is 5.82 Å². The molecule has 2 heterocycles. The molecule has 0 aliphatic carbocycles. The quantitative estimate of drug-likeness (QED) is 0.739. The summed E-state index contributed by atoms with van der Waals surface area (Å²) in [5.74, 6) is 1.47. The average Bonchev–Trinajstić information content (AvgIpc) is 2.47. The number of anilines is 1. The maximum atomic E-state index is 4.40. The Morgan fingerprint density at radius 3 is 2.56 bits per heavy atom. The lowest BCUT2D eigenvalue weighted by molar-refractivity contribution is 1.17. The highest BCUT2D eigenvalue weighted by Crippen LogP contribution is 2.19. The average molecular weight is 237 g/mol. The smallest absolute Gasteiger partial charge is 0.161 e. The molecule has 0 bridgehead atoms. The Bertz CT molecular complexity index is 696. The zero-order chi connectivity index (χ0) is 12.4. The zero-order valence-corrected chi connectivity index (χ0v) is 9.83. The van der Waals surface area contributed by atoms with Crippen LogP contribution in [0.4, 0.5) is 5.82 Å². The highest BCUT2D eigenvalue weighted by Gasteiger charge is 2.04. The molecule has 0 radical (unpaired) electrons. The topological polar surface area (TPSA) is 63.6 Å². The molecule has 18 heavy (non-hydrogen) atoms. The molecule has 0 spiro atoms. The van der Waals surface area contributed by atoms with Crippen molar-refractivity contribution in [2.45, 2.75) is 0 Å². The van der Waals surface area contributed by atoms with Crippen LogP contribution in [0.1, 0.15) is 0 Å². The fourth-order valence-corrected chi connectivity index (χ4v) is 1.74. The summed E-state index contributed by atoms with van der Waals surface area (Å²) in [6.07, 6.45) is 5.09. The van der Waals surface area contributed by atoms with Crippen molar-refractivity contribution in [3.8, 4) is 11.4 Å². The Morgan fingerprint density at radius 2 is 1.72 bits per heavy atom. The van der Waals surface area contributed by atoms with Crippen molar-refractivity contribution in [2.24, 2.45) is 0 Å². The lowest BCUT2D eigenvalue weighted by Gasteiger charge is -2.03. The first-order chi connectivity index (χ1) is 8.86. The van der Waals surface area contributed by atoms with Gasteiger partial charge in [0.2, 0.25) is 0 Å². The maximum absolute atomic E-state index is 4.40. The first-order valence-corrected chi connectivity index (χ1v) is 5.59. The van der Waals surface area contributed by atoms with E-state index >= 15 is 0 Å². The van der Waals surface area contributed by atoms with E-state index in [-0.39, 0.29) is 0 Å². The van der Waals surface area contributed by atoms with Crippen LogP contribution in [-0.2, 0) is 0 Å². The van der Waals surface area contributed by atoms with Gasteiger partial charge in [-0.2, -0.15) is 0 Å². The van der Waals surface area contributed by atoms with Gasteiger partial charge in [-0.15, -0.1) is 0 Å². The van der Waals surface area contributed by atoms with Crippen LogP contribution in [0.25, 0.3) is 22.4 Å². The predicted molar refractivity (Wildman–Crippen MR) is 70.1 cm³/mol. The minimum atomic E-state index is 0.675. The third kappa shape index (κ3) is 1.86. The van der Waals surface area contributed by atoms with Crippen molar-refractivity contribution in [2.75, 3.05) is 12.4 Å². The molecule has 2 aromatic heterocycles. The second kappa shape index (κ2) is 4.37. The van der Waals surface area contributed by atoms with Gasteiger partial charge in [-0.05, 0) is 24.3 Å². The Morgan fingerprint density at radius 1 is 0.889 bits per heavy atom. The summed E-state index contributed by atoms with van der Waals surface area (Å²) in [7, 11) is 1.83. The molecule has 3 rings (SSSR count). The second-order valence-electron chi connectivity index (χ2n) is 3.78. The highest BCUT2D eigenvalue weighted by atomic mass is 15.0. The van der Waals surface area contributed by atoms with Crippen molar-refractivity contribution in [1.29, 1.82) is 0 Å². The molecule has 0 unspecified atom stereocenters. The van der Waals surface area contributed by atoms with Crippen LogP contribution in [0.2, 0.25) is 0 Å². The highest BCUT2D eigenvalue weighted by molar-refractivity contribution is 5.79. The number of nitrogens with one attached hydrogen (secondary N) is 1. The van der Waals surface area contributed by atoms with Gasteiger partial charge in [0.1, 0.15) is 5.82 Å². The fourth-order valence-electron chi connectivity index (χ4n) is 1.74. The van der Waals surface area contributed by atoms with Crippen LogP contribution in [0, 0.1) is 0 Å². The van der Waals surface area contributed by atoms with Crippen molar-refractivity contribution in [3.63, 3.8) is 0 Å². The van der Waals surface area contributed by atoms with Crippen molar-refractivity contribution in [3.05, 3.63) is 42.9 Å². The van der Waals surface area contributed by atoms with Gasteiger partial charge in [-0.25, -0.2) is 9.97 Å². The molecule has 0 amide bonds. The van der Waals surface area contributed by atoms with Crippen LogP contribution >= 0.6 is 0 Å². The van der Waals surface area contributed by atoms with Gasteiger partial charge in [-0.1, -0.05) is 0 Å². The van der Waals surface area contributed by atoms with E-state index in [4.69, 9.17) is 0 Å². The van der Waals surface area contributed by atoms with Gasteiger partial charge >= 0.3 is 0 Å². The lowest BCUT2D eigenvalue weighted by atomic mass is 10.2. The predicted octanol–water partition coefficient (Wildman–Crippen LogP) is 2.13. The molecule has 0 saturated carbocycles. The zero-order valence-electron chi connectivity index (χ0n) is 9.83. The van der Waals surface area contributed by atoms with Crippen LogP contribution in [0.5, 0.6) is 0 Å². The molecule has 0 aliphatic rings. The van der Waals surface area contributed by atoms with E-state index in [1.165, 1.54) is 0 Å². The maximum Gasteiger partial charge on any atom is 0.161 e. The number of benzene rings is 1. The molecule has 5 heteroatoms. The summed E-state index contributed by atoms with van der Waals surface area (Å²) >= 11 is 0. The molecule has 88 valence electrons. The molecular weight excluding hydrogens is 226 g/mol. The summed E-state index contributed by atoms with van der Waals surface area (Å²) < 4.78 is 0. The van der Waals surface area contributed by atoms with E-state index in [0.717, 1.165) is 22.4 Å². The minimum absolute atomic E-state index is 0.675. The van der Waals surface area contributed by atoms with E-state index < -0.39 is 0 Å². The van der Waals surface area contributed by atoms with Gasteiger partial charge in [-0.3, -0.25) is 9.97 Å². The SMILES string of the molecule is CNc1ccnc(-c2ccc3nccnc3c2)n1. The number of aromatic nitrogens is 4. The summed E-state index contributed by atoms with van der Waals surface area (Å²) in [5.41, 5.74) is 2.64. The minimum Gasteiger partial charge on any atom is -0.373 e. The molecule has 5 nitrogen and oxygen atoms in total. The van der Waals surface area contributed by atoms with Crippen molar-refractivity contribution < 1.29 is 0 Å². The van der Waals surface area contributed by atoms with E-state index in [1.54, 1.807) is 18.6 Å². The van der Waals surface area contributed by atoms with Gasteiger partial charge in [0, 0.05) is 31.2 Å². The summed E-state index contributed by atoms with van der Waals surface area (Å²) in [6, 6.07) is 7.64. The number of nitrogens with zero attached hydrogens (tertiary/aromatic N) is 4. The van der Waals surface area contributed by atoms with E-state index in [0.29, 0.717) is 5.82 Å². The monoisotopic (exact) mass is 237 g/mol. The molecule has 1 N–H and O–H groups in total. The number of hydrogen-bond acceptors (Lipinski definition) is 5. The molecule has 1 aromatic carbocycles. The standard InChI is InChI=1S/C13H11N5/c1-14-12-4-5-17-13(18-12)9-2-3-10-11(8-9)16-7-6-15-10/h2-8H,1H3,(H,14,17,18). The summed E-state index contributed by atoms with van der Waals surface area (Å²) in [6.45, 7) is 0. The van der Waals surface area contributed by atoms with E-state index in [9.17, 15) is 0 Å². The fraction of sp³-hybridized carbons (Fsp3) is 0.0769. The van der Waals surface area contributed by atoms with E-state index in [1.807, 2.05) is 31.3 Å². The lowest BCUT2D eigenvalue weighted by Crippen LogP contribution is -1.95. The largest absolute Gasteiger partial charge is 0.373 e. The molecule has 0 fully saturated rings. The molecule has 0 saturated heterocycles. The normalized spacial score (nSPS) is 10.5. The van der Waals surface area contributed by atoms with Gasteiger partial charge < -0.3 is 5.32 Å². The van der Waals surface area contributed by atoms with Gasteiger partial charge in [0.25, 0.3) is 0 Å². The van der Waals surface area contributed by atoms with Crippen LogP contribution in [-0.4, -0.2) is 27.0 Å². The molecular formula is C13H11N5. The van der Waals surface area contributed by atoms with E-state index in [2.05, 4.69) is 25.3 Å². The van der Waals surface area contributed by atoms with Crippen molar-refractivity contribution >= 4 is 16.9 Å². The van der Waals surface area contributed by atoms with Crippen LogP contribution < -0.4 is 5.32 Å². The second-order valence-corrected chi connectivity index (χ2v) is 3.78. The van der Waals surface area contributed by atoms with Crippen LogP contribution in [0.15, 0.2) is 42.9 Å². The van der Waals surface area contributed by atoms with Gasteiger partial charge in [0.05, 0.1) is 11.0 Å². The Labute approximate surface area is 104 Å². The first-order valence-electron chi connectivity index (χ1n) is 5.59. The first kappa shape index (κ1) is 10.6. The third-order valence-corrected chi connectivity index (χ3v) is 2.64.